The molecule has 0 amide bonds. The van der Waals surface area contributed by atoms with Crippen molar-refractivity contribution in [1.29, 1.82) is 0 Å². The number of fused-ring (bicyclic) bond motifs is 2. The summed E-state index contributed by atoms with van der Waals surface area (Å²) in [6, 6.07) is 8.20. The van der Waals surface area contributed by atoms with Crippen LogP contribution in [-0.4, -0.2) is 43.7 Å². The molecule has 2 bridgehead atoms. The molecule has 2 saturated heterocycles. The number of benzene rings is 1. The molecule has 2 unspecified atom stereocenters. The van der Waals surface area contributed by atoms with Crippen LogP contribution in [0, 0.1) is 0 Å². The van der Waals surface area contributed by atoms with E-state index in [0.29, 0.717) is 18.0 Å². The minimum atomic E-state index is 0.501. The van der Waals surface area contributed by atoms with E-state index in [2.05, 4.69) is 48.8 Å². The molecule has 0 radical (unpaired) electrons. The van der Waals surface area contributed by atoms with Crippen molar-refractivity contribution < 1.29 is 4.74 Å². The second-order valence-corrected chi connectivity index (χ2v) is 7.49. The summed E-state index contributed by atoms with van der Waals surface area (Å²) in [5.74, 6) is 1.55. The number of anilines is 1. The number of likely N-dealkylation sites (tertiary alicyclic amines) is 1. The van der Waals surface area contributed by atoms with Crippen molar-refractivity contribution >= 4 is 5.69 Å². The van der Waals surface area contributed by atoms with E-state index in [1.54, 1.807) is 7.11 Å². The maximum Gasteiger partial charge on any atom is 0.124 e. The predicted molar refractivity (Wildman–Crippen MR) is 97.7 cm³/mol. The molecule has 0 aromatic heterocycles. The number of methoxy groups -OCH3 is 1. The molecule has 3 nitrogen and oxygen atoms in total. The first kappa shape index (κ1) is 16.6. The number of hydrogen-bond acceptors (Lipinski definition) is 3. The summed E-state index contributed by atoms with van der Waals surface area (Å²) < 4.78 is 5.67. The Morgan fingerprint density at radius 3 is 2.43 bits per heavy atom. The Morgan fingerprint density at radius 1 is 1.17 bits per heavy atom. The topological polar surface area (TPSA) is 15.7 Å². The van der Waals surface area contributed by atoms with E-state index in [9.17, 15) is 0 Å². The first-order valence-corrected chi connectivity index (χ1v) is 9.32. The Hall–Kier alpha value is -1.22. The van der Waals surface area contributed by atoms with Crippen LogP contribution in [0.4, 0.5) is 5.69 Å². The molecule has 0 N–H and O–H groups in total. The lowest BCUT2D eigenvalue weighted by Gasteiger charge is -2.42. The van der Waals surface area contributed by atoms with Gasteiger partial charge in [-0.05, 0) is 43.4 Å². The number of ether oxygens (including phenoxy) is 1. The number of piperazine rings is 1. The molecular weight excluding hydrogens is 284 g/mol. The molecular formula is C20H32N2O. The van der Waals surface area contributed by atoms with Crippen LogP contribution in [-0.2, 0) is 0 Å². The third-order valence-electron chi connectivity index (χ3n) is 5.52. The number of nitrogens with zero attached hydrogens (tertiary/aromatic N) is 2. The first-order chi connectivity index (χ1) is 11.1. The maximum absolute atomic E-state index is 5.67. The van der Waals surface area contributed by atoms with Gasteiger partial charge in [-0.15, -0.1) is 0 Å². The SMILES string of the molecule is CCCCN1CC2CCC(C1)N2c1ccc(C(C)C)c(OC)c1. The molecule has 128 valence electrons. The monoisotopic (exact) mass is 316 g/mol. The average Bonchev–Trinajstić information content (AvgIpc) is 2.82. The minimum absolute atomic E-state index is 0.501. The molecule has 1 aromatic rings. The molecule has 2 heterocycles. The van der Waals surface area contributed by atoms with Crippen LogP contribution in [0.15, 0.2) is 18.2 Å². The van der Waals surface area contributed by atoms with Gasteiger partial charge in [0.05, 0.1) is 7.11 Å². The summed E-state index contributed by atoms with van der Waals surface area (Å²) in [5.41, 5.74) is 2.67. The molecule has 1 aromatic carbocycles. The van der Waals surface area contributed by atoms with Gasteiger partial charge >= 0.3 is 0 Å². The molecule has 2 aliphatic heterocycles. The van der Waals surface area contributed by atoms with Gasteiger partial charge in [-0.2, -0.15) is 0 Å². The number of rotatable bonds is 6. The van der Waals surface area contributed by atoms with Gasteiger partial charge in [0.25, 0.3) is 0 Å². The van der Waals surface area contributed by atoms with Crippen molar-refractivity contribution in [3.63, 3.8) is 0 Å². The summed E-state index contributed by atoms with van der Waals surface area (Å²) in [4.78, 5) is 5.36. The largest absolute Gasteiger partial charge is 0.496 e. The summed E-state index contributed by atoms with van der Waals surface area (Å²) in [7, 11) is 1.79. The number of hydrogen-bond donors (Lipinski definition) is 0. The Labute approximate surface area is 141 Å². The van der Waals surface area contributed by atoms with Crippen LogP contribution in [0.3, 0.4) is 0 Å². The summed E-state index contributed by atoms with van der Waals surface area (Å²) >= 11 is 0. The van der Waals surface area contributed by atoms with E-state index in [-0.39, 0.29) is 0 Å². The minimum Gasteiger partial charge on any atom is -0.496 e. The first-order valence-electron chi connectivity index (χ1n) is 9.32. The molecule has 0 spiro atoms. The van der Waals surface area contributed by atoms with E-state index in [1.807, 2.05) is 0 Å². The molecule has 23 heavy (non-hydrogen) atoms. The van der Waals surface area contributed by atoms with Crippen LogP contribution in [0.25, 0.3) is 0 Å². The van der Waals surface area contributed by atoms with Gasteiger partial charge in [0.15, 0.2) is 0 Å². The van der Waals surface area contributed by atoms with Gasteiger partial charge in [0.1, 0.15) is 5.75 Å². The second-order valence-electron chi connectivity index (χ2n) is 7.49. The van der Waals surface area contributed by atoms with Gasteiger partial charge in [0.2, 0.25) is 0 Å². The maximum atomic E-state index is 5.67. The number of unbranched alkanes of at least 4 members (excludes halogenated alkanes) is 1. The lowest BCUT2D eigenvalue weighted by atomic mass is 10.0. The normalized spacial score (nSPS) is 24.5. The summed E-state index contributed by atoms with van der Waals surface area (Å²) in [5, 5.41) is 0. The quantitative estimate of drug-likeness (QED) is 0.779. The van der Waals surface area contributed by atoms with Crippen molar-refractivity contribution in [2.75, 3.05) is 31.6 Å². The standard InChI is InChI=1S/C20H32N2O/c1-5-6-11-21-13-17-7-8-18(14-21)22(17)16-9-10-19(15(2)3)20(12-16)23-4/h9-10,12,15,17-18H,5-8,11,13-14H2,1-4H3. The highest BCUT2D eigenvalue weighted by atomic mass is 16.5. The Kier molecular flexibility index (Phi) is 5.15. The third-order valence-corrected chi connectivity index (χ3v) is 5.52. The van der Waals surface area contributed by atoms with Crippen molar-refractivity contribution in [3.8, 4) is 5.75 Å². The second kappa shape index (κ2) is 7.12. The van der Waals surface area contributed by atoms with E-state index in [1.165, 1.54) is 56.6 Å². The highest BCUT2D eigenvalue weighted by Gasteiger charge is 2.39. The molecule has 2 fully saturated rings. The Balaban J connectivity index is 1.78. The van der Waals surface area contributed by atoms with E-state index >= 15 is 0 Å². The fourth-order valence-electron chi connectivity index (χ4n) is 4.31. The van der Waals surface area contributed by atoms with Gasteiger partial charge in [0, 0.05) is 36.9 Å². The van der Waals surface area contributed by atoms with E-state index < -0.39 is 0 Å². The molecule has 3 heteroatoms. The predicted octanol–water partition coefficient (Wildman–Crippen LogP) is 4.27. The fraction of sp³-hybridized carbons (Fsp3) is 0.700. The van der Waals surface area contributed by atoms with E-state index in [4.69, 9.17) is 4.74 Å². The third kappa shape index (κ3) is 3.35. The lowest BCUT2D eigenvalue weighted by Crippen LogP contribution is -2.54. The summed E-state index contributed by atoms with van der Waals surface area (Å²) in [6.07, 6.45) is 5.29. The van der Waals surface area contributed by atoms with Crippen LogP contribution in [0.2, 0.25) is 0 Å². The smallest absolute Gasteiger partial charge is 0.124 e. The van der Waals surface area contributed by atoms with Gasteiger partial charge in [-0.25, -0.2) is 0 Å². The highest BCUT2D eigenvalue weighted by molar-refractivity contribution is 5.57. The zero-order valence-corrected chi connectivity index (χ0v) is 15.2. The zero-order chi connectivity index (χ0) is 16.4. The molecule has 2 aliphatic rings. The van der Waals surface area contributed by atoms with Crippen molar-refractivity contribution in [1.82, 2.24) is 4.90 Å². The Bertz CT molecular complexity index is 514. The molecule has 2 atom stereocenters. The molecule has 3 rings (SSSR count). The summed E-state index contributed by atoms with van der Waals surface area (Å²) in [6.45, 7) is 10.5. The van der Waals surface area contributed by atoms with Crippen LogP contribution >= 0.6 is 0 Å². The van der Waals surface area contributed by atoms with Crippen molar-refractivity contribution in [3.05, 3.63) is 23.8 Å². The van der Waals surface area contributed by atoms with Gasteiger partial charge in [-0.1, -0.05) is 33.3 Å². The highest BCUT2D eigenvalue weighted by Crippen LogP contribution is 2.38. The average molecular weight is 316 g/mol. The van der Waals surface area contributed by atoms with Crippen LogP contribution in [0.5, 0.6) is 5.75 Å². The zero-order valence-electron chi connectivity index (χ0n) is 15.2. The van der Waals surface area contributed by atoms with Crippen molar-refractivity contribution in [2.45, 2.75) is 64.5 Å². The lowest BCUT2D eigenvalue weighted by molar-refractivity contribution is 0.217. The van der Waals surface area contributed by atoms with E-state index in [0.717, 1.165) is 5.75 Å². The van der Waals surface area contributed by atoms with Crippen LogP contribution in [0.1, 0.15) is 57.9 Å². The van der Waals surface area contributed by atoms with Gasteiger partial charge < -0.3 is 9.64 Å². The molecule has 0 saturated carbocycles. The fourth-order valence-corrected chi connectivity index (χ4v) is 4.31. The van der Waals surface area contributed by atoms with Crippen molar-refractivity contribution in [2.24, 2.45) is 0 Å². The van der Waals surface area contributed by atoms with Gasteiger partial charge in [-0.3, -0.25) is 4.90 Å². The molecule has 0 aliphatic carbocycles. The Morgan fingerprint density at radius 2 is 1.87 bits per heavy atom. The van der Waals surface area contributed by atoms with Crippen LogP contribution < -0.4 is 9.64 Å².